The van der Waals surface area contributed by atoms with Gasteiger partial charge in [-0.1, -0.05) is 88.4 Å². The summed E-state index contributed by atoms with van der Waals surface area (Å²) in [5.41, 5.74) is 1.57. The molecule has 9 nitrogen and oxygen atoms in total. The fourth-order valence-corrected chi connectivity index (χ4v) is 3.41. The smallest absolute Gasteiger partial charge is 0.429 e. The summed E-state index contributed by atoms with van der Waals surface area (Å²) in [4.78, 5) is 24.1. The van der Waals surface area contributed by atoms with E-state index in [-0.39, 0.29) is 25.0 Å². The number of benzene rings is 2. The SMILES string of the molecule is CC(C)C(OC(=O)OCc1ccccc1)O[P](=O)OC(OC(=O)OCc1ccccc1)C(C)C. The lowest BCUT2D eigenvalue weighted by atomic mass is 10.2. The minimum Gasteiger partial charge on any atom is -0.429 e. The Labute approximate surface area is 200 Å². The van der Waals surface area contributed by atoms with Crippen LogP contribution < -0.4 is 0 Å². The maximum Gasteiger partial charge on any atom is 0.510 e. The van der Waals surface area contributed by atoms with Crippen molar-refractivity contribution in [1.82, 2.24) is 0 Å². The van der Waals surface area contributed by atoms with Gasteiger partial charge in [-0.25, -0.2) is 23.2 Å². The highest BCUT2D eigenvalue weighted by atomic mass is 31.1. The molecule has 0 spiro atoms. The van der Waals surface area contributed by atoms with Crippen molar-refractivity contribution in [2.75, 3.05) is 0 Å². The van der Waals surface area contributed by atoms with Crippen LogP contribution in [0.3, 0.4) is 0 Å². The Morgan fingerprint density at radius 2 is 1.03 bits per heavy atom. The molecule has 0 saturated heterocycles. The van der Waals surface area contributed by atoms with E-state index in [2.05, 4.69) is 0 Å². The normalized spacial score (nSPS) is 13.2. The maximum atomic E-state index is 12.4. The number of hydrogen-bond acceptors (Lipinski definition) is 9. The van der Waals surface area contributed by atoms with Crippen molar-refractivity contribution in [2.45, 2.75) is 53.5 Å². The molecule has 0 fully saturated rings. The average Bonchev–Trinajstić information content (AvgIpc) is 2.81. The molecule has 2 aromatic rings. The summed E-state index contributed by atoms with van der Waals surface area (Å²) < 4.78 is 43.3. The minimum atomic E-state index is -2.81. The topological polar surface area (TPSA) is 107 Å². The molecule has 34 heavy (non-hydrogen) atoms. The Kier molecular flexibility index (Phi) is 11.5. The van der Waals surface area contributed by atoms with Crippen molar-refractivity contribution in [3.8, 4) is 0 Å². The van der Waals surface area contributed by atoms with E-state index in [1.807, 2.05) is 36.4 Å². The molecule has 2 atom stereocenters. The average molecular weight is 493 g/mol. The number of rotatable bonds is 12. The molecular weight excluding hydrogens is 463 g/mol. The van der Waals surface area contributed by atoms with Crippen LogP contribution in [0.1, 0.15) is 38.8 Å². The first-order valence-corrected chi connectivity index (χ1v) is 11.9. The summed E-state index contributed by atoms with van der Waals surface area (Å²) in [5, 5.41) is 0. The number of carbonyl (C=O) groups excluding carboxylic acids is 2. The van der Waals surface area contributed by atoms with Crippen LogP contribution >= 0.6 is 8.25 Å². The van der Waals surface area contributed by atoms with E-state index < -0.39 is 33.1 Å². The van der Waals surface area contributed by atoms with E-state index in [0.717, 1.165) is 11.1 Å². The Hall–Kier alpha value is -3.00. The van der Waals surface area contributed by atoms with Crippen LogP contribution in [0.2, 0.25) is 0 Å². The highest BCUT2D eigenvalue weighted by molar-refractivity contribution is 7.33. The molecule has 0 aliphatic rings. The van der Waals surface area contributed by atoms with Gasteiger partial charge in [0.2, 0.25) is 12.6 Å². The van der Waals surface area contributed by atoms with Gasteiger partial charge in [0, 0.05) is 11.8 Å². The fraction of sp³-hybridized carbons (Fsp3) is 0.417. The third-order valence-electron chi connectivity index (χ3n) is 4.29. The quantitative estimate of drug-likeness (QED) is 0.190. The van der Waals surface area contributed by atoms with Crippen LogP contribution in [0.4, 0.5) is 9.59 Å². The van der Waals surface area contributed by atoms with Crippen LogP contribution in [-0.4, -0.2) is 24.9 Å². The molecule has 10 heteroatoms. The highest BCUT2D eigenvalue weighted by Gasteiger charge is 2.28. The zero-order valence-corrected chi connectivity index (χ0v) is 20.5. The molecular formula is C24H30O9P. The van der Waals surface area contributed by atoms with Gasteiger partial charge in [-0.15, -0.1) is 0 Å². The van der Waals surface area contributed by atoms with E-state index in [0.29, 0.717) is 0 Å². The first kappa shape index (κ1) is 27.2. The summed E-state index contributed by atoms with van der Waals surface area (Å²) in [7, 11) is -2.81. The van der Waals surface area contributed by atoms with Gasteiger partial charge in [-0.3, -0.25) is 0 Å². The molecule has 2 aromatic carbocycles. The second kappa shape index (κ2) is 14.3. The molecule has 185 valence electrons. The van der Waals surface area contributed by atoms with Crippen molar-refractivity contribution in [1.29, 1.82) is 0 Å². The fourth-order valence-electron chi connectivity index (χ4n) is 2.44. The third kappa shape index (κ3) is 10.3. The third-order valence-corrected chi connectivity index (χ3v) is 5.05. The van der Waals surface area contributed by atoms with Crippen molar-refractivity contribution in [3.63, 3.8) is 0 Å². The lowest BCUT2D eigenvalue weighted by Crippen LogP contribution is -2.28. The number of carbonyl (C=O) groups is 2. The zero-order valence-electron chi connectivity index (χ0n) is 19.6. The Morgan fingerprint density at radius 1 is 0.676 bits per heavy atom. The molecule has 0 aromatic heterocycles. The first-order valence-electron chi connectivity index (χ1n) is 10.8. The van der Waals surface area contributed by atoms with Gasteiger partial charge in [0.1, 0.15) is 13.2 Å². The predicted molar refractivity (Wildman–Crippen MR) is 122 cm³/mol. The number of ether oxygens (including phenoxy) is 4. The largest absolute Gasteiger partial charge is 0.510 e. The lowest BCUT2D eigenvalue weighted by Gasteiger charge is -2.23. The Morgan fingerprint density at radius 3 is 1.35 bits per heavy atom. The molecule has 0 bridgehead atoms. The van der Waals surface area contributed by atoms with Crippen LogP contribution in [0.5, 0.6) is 0 Å². The van der Waals surface area contributed by atoms with Gasteiger partial charge in [-0.05, 0) is 11.1 Å². The van der Waals surface area contributed by atoms with E-state index >= 15 is 0 Å². The summed E-state index contributed by atoms with van der Waals surface area (Å²) in [6.45, 7) is 6.85. The van der Waals surface area contributed by atoms with Crippen molar-refractivity contribution >= 4 is 20.6 Å². The van der Waals surface area contributed by atoms with Crippen LogP contribution in [0.15, 0.2) is 60.7 Å². The summed E-state index contributed by atoms with van der Waals surface area (Å²) >= 11 is 0. The van der Waals surface area contributed by atoms with E-state index in [1.54, 1.807) is 52.0 Å². The molecule has 1 radical (unpaired) electrons. The molecule has 2 rings (SSSR count). The van der Waals surface area contributed by atoms with Crippen LogP contribution in [0, 0.1) is 11.8 Å². The van der Waals surface area contributed by atoms with Gasteiger partial charge in [0.25, 0.3) is 0 Å². The molecule has 0 N–H and O–H groups in total. The summed E-state index contributed by atoms with van der Waals surface area (Å²) in [5.74, 6) is -0.720. The molecule has 0 aliphatic heterocycles. The van der Waals surface area contributed by atoms with Gasteiger partial charge < -0.3 is 18.9 Å². The molecule has 0 amide bonds. The maximum absolute atomic E-state index is 12.4. The zero-order chi connectivity index (χ0) is 24.9. The van der Waals surface area contributed by atoms with Crippen LogP contribution in [-0.2, 0) is 45.8 Å². The molecule has 0 saturated carbocycles. The van der Waals surface area contributed by atoms with Gasteiger partial charge in [-0.2, -0.15) is 0 Å². The molecule has 0 aliphatic carbocycles. The summed E-state index contributed by atoms with van der Waals surface area (Å²) in [6, 6.07) is 18.1. The summed E-state index contributed by atoms with van der Waals surface area (Å²) in [6.07, 6.45) is -4.37. The van der Waals surface area contributed by atoms with E-state index in [1.165, 1.54) is 0 Å². The Balaban J connectivity index is 1.83. The van der Waals surface area contributed by atoms with Gasteiger partial charge in [0.05, 0.1) is 0 Å². The minimum absolute atomic E-state index is 0.0154. The number of hydrogen-bond donors (Lipinski definition) is 0. The van der Waals surface area contributed by atoms with Crippen molar-refractivity contribution in [3.05, 3.63) is 71.8 Å². The first-order chi connectivity index (χ1) is 16.2. The van der Waals surface area contributed by atoms with Crippen molar-refractivity contribution < 1.29 is 42.1 Å². The second-order valence-corrected chi connectivity index (χ2v) is 8.81. The van der Waals surface area contributed by atoms with Gasteiger partial charge >= 0.3 is 20.6 Å². The van der Waals surface area contributed by atoms with Crippen molar-refractivity contribution in [2.24, 2.45) is 11.8 Å². The Bertz CT molecular complexity index is 830. The van der Waals surface area contributed by atoms with Gasteiger partial charge in [0.15, 0.2) is 0 Å². The molecule has 2 unspecified atom stereocenters. The van der Waals surface area contributed by atoms with E-state index in [4.69, 9.17) is 28.0 Å². The lowest BCUT2D eigenvalue weighted by molar-refractivity contribution is -0.117. The predicted octanol–water partition coefficient (Wildman–Crippen LogP) is 6.35. The highest BCUT2D eigenvalue weighted by Crippen LogP contribution is 2.33. The molecule has 0 heterocycles. The second-order valence-electron chi connectivity index (χ2n) is 7.94. The monoisotopic (exact) mass is 493 g/mol. The van der Waals surface area contributed by atoms with Crippen LogP contribution in [0.25, 0.3) is 0 Å². The van der Waals surface area contributed by atoms with E-state index in [9.17, 15) is 14.2 Å². The standard InChI is InChI=1S/C24H30O9P/c1-17(2)21(30-23(25)28-15-19-11-7-5-8-12-19)32-34(27)33-22(18(3)4)31-24(26)29-16-20-13-9-6-10-14-20/h5-14,17-18,21-22H,15-16H2,1-4H3.